The molecular weight excluding hydrogens is 370 g/mol. The van der Waals surface area contributed by atoms with E-state index in [1.54, 1.807) is 36.1 Å². The third-order valence-electron chi connectivity index (χ3n) is 4.79. The van der Waals surface area contributed by atoms with Gasteiger partial charge in [0.2, 0.25) is 0 Å². The number of nitrogens with zero attached hydrogens (tertiary/aromatic N) is 3. The summed E-state index contributed by atoms with van der Waals surface area (Å²) in [5.74, 6) is -1.67. The molecule has 0 unspecified atom stereocenters. The van der Waals surface area contributed by atoms with E-state index in [0.29, 0.717) is 40.3 Å². The summed E-state index contributed by atoms with van der Waals surface area (Å²) in [5.41, 5.74) is 2.52. The number of carbonyl (C=O) groups is 2. The van der Waals surface area contributed by atoms with Gasteiger partial charge in [0.1, 0.15) is 0 Å². The molecule has 1 saturated heterocycles. The minimum atomic E-state index is -0.883. The highest BCUT2D eigenvalue weighted by Gasteiger charge is 2.33. The quantitative estimate of drug-likeness (QED) is 0.742. The van der Waals surface area contributed by atoms with Crippen LogP contribution in [0.25, 0.3) is 22.4 Å². The standard InChI is InChI=1S/C19H16ClN3O4/c1-10-16-14(18(24)23-6-5-12(9-23)19(25)26)8-15(21-17(16)27-22-10)11-3-2-4-13(20)7-11/h2-4,7-8,12H,5-6,9H2,1H3,(H,25,26)/t12-/m1/s1. The lowest BCUT2D eigenvalue weighted by Gasteiger charge is -2.17. The van der Waals surface area contributed by atoms with Gasteiger partial charge in [0.05, 0.1) is 28.3 Å². The monoisotopic (exact) mass is 385 g/mol. The summed E-state index contributed by atoms with van der Waals surface area (Å²) in [6, 6.07) is 8.84. The van der Waals surface area contributed by atoms with Gasteiger partial charge in [-0.1, -0.05) is 28.9 Å². The van der Waals surface area contributed by atoms with Crippen LogP contribution in [0.5, 0.6) is 0 Å². The molecule has 0 saturated carbocycles. The number of halogens is 1. The Morgan fingerprint density at radius 3 is 2.85 bits per heavy atom. The van der Waals surface area contributed by atoms with Crippen LogP contribution in [0.1, 0.15) is 22.5 Å². The smallest absolute Gasteiger partial charge is 0.308 e. The van der Waals surface area contributed by atoms with Crippen molar-refractivity contribution in [3.63, 3.8) is 0 Å². The van der Waals surface area contributed by atoms with Crippen LogP contribution in [0.15, 0.2) is 34.9 Å². The number of hydrogen-bond acceptors (Lipinski definition) is 5. The van der Waals surface area contributed by atoms with Gasteiger partial charge < -0.3 is 14.5 Å². The van der Waals surface area contributed by atoms with Crippen molar-refractivity contribution in [1.29, 1.82) is 0 Å². The molecule has 1 N–H and O–H groups in total. The van der Waals surface area contributed by atoms with Crippen LogP contribution in [0.2, 0.25) is 5.02 Å². The minimum absolute atomic E-state index is 0.189. The van der Waals surface area contributed by atoms with E-state index in [-0.39, 0.29) is 18.2 Å². The van der Waals surface area contributed by atoms with E-state index in [4.69, 9.17) is 16.1 Å². The molecule has 7 nitrogen and oxygen atoms in total. The Morgan fingerprint density at radius 1 is 1.33 bits per heavy atom. The maximum absolute atomic E-state index is 13.1. The molecule has 1 aromatic carbocycles. The fraction of sp³-hybridized carbons (Fsp3) is 0.263. The number of carboxylic acids is 1. The van der Waals surface area contributed by atoms with Crippen molar-refractivity contribution in [2.75, 3.05) is 13.1 Å². The van der Waals surface area contributed by atoms with Crippen LogP contribution in [0.3, 0.4) is 0 Å². The summed E-state index contributed by atoms with van der Waals surface area (Å²) in [6.45, 7) is 2.33. The first kappa shape index (κ1) is 17.5. The number of amides is 1. The second-order valence-electron chi connectivity index (χ2n) is 6.59. The van der Waals surface area contributed by atoms with Gasteiger partial charge in [-0.05, 0) is 31.5 Å². The maximum atomic E-state index is 13.1. The molecule has 3 heterocycles. The van der Waals surface area contributed by atoms with E-state index in [1.807, 2.05) is 6.07 Å². The lowest BCUT2D eigenvalue weighted by atomic mass is 10.0. The molecule has 0 spiro atoms. The maximum Gasteiger partial charge on any atom is 0.308 e. The Balaban J connectivity index is 1.80. The van der Waals surface area contributed by atoms with Gasteiger partial charge in [-0.3, -0.25) is 9.59 Å². The molecule has 2 aromatic heterocycles. The number of aliphatic carboxylic acids is 1. The van der Waals surface area contributed by atoms with E-state index in [2.05, 4.69) is 10.1 Å². The lowest BCUT2D eigenvalue weighted by Crippen LogP contribution is -2.30. The lowest BCUT2D eigenvalue weighted by molar-refractivity contribution is -0.141. The van der Waals surface area contributed by atoms with Crippen molar-refractivity contribution in [3.8, 4) is 11.3 Å². The van der Waals surface area contributed by atoms with Crippen molar-refractivity contribution in [2.24, 2.45) is 5.92 Å². The third-order valence-corrected chi connectivity index (χ3v) is 5.03. The SMILES string of the molecule is Cc1noc2nc(-c3cccc(Cl)c3)cc(C(=O)N3CC[C@@H](C(=O)O)C3)c12. The molecule has 0 aliphatic carbocycles. The van der Waals surface area contributed by atoms with Gasteiger partial charge in [-0.2, -0.15) is 0 Å². The van der Waals surface area contributed by atoms with Crippen LogP contribution in [0, 0.1) is 12.8 Å². The number of benzene rings is 1. The second kappa shape index (κ2) is 6.66. The number of aromatic nitrogens is 2. The van der Waals surface area contributed by atoms with E-state index in [9.17, 15) is 14.7 Å². The van der Waals surface area contributed by atoms with Gasteiger partial charge in [-0.25, -0.2) is 4.98 Å². The van der Waals surface area contributed by atoms with Crippen molar-refractivity contribution in [2.45, 2.75) is 13.3 Å². The fourth-order valence-electron chi connectivity index (χ4n) is 3.38. The normalized spacial score (nSPS) is 16.8. The Labute approximate surface area is 159 Å². The number of pyridine rings is 1. The van der Waals surface area contributed by atoms with Crippen LogP contribution in [-0.2, 0) is 4.79 Å². The van der Waals surface area contributed by atoms with Gasteiger partial charge in [0.25, 0.3) is 11.6 Å². The molecule has 0 bridgehead atoms. The molecule has 1 atom stereocenters. The van der Waals surface area contributed by atoms with Crippen molar-refractivity contribution >= 4 is 34.6 Å². The van der Waals surface area contributed by atoms with E-state index in [0.717, 1.165) is 5.56 Å². The average molecular weight is 386 g/mol. The topological polar surface area (TPSA) is 96.5 Å². The molecule has 1 aliphatic rings. The summed E-state index contributed by atoms with van der Waals surface area (Å²) < 4.78 is 5.29. The molecule has 8 heteroatoms. The predicted molar refractivity (Wildman–Crippen MR) is 98.6 cm³/mol. The zero-order valence-corrected chi connectivity index (χ0v) is 15.2. The predicted octanol–water partition coefficient (Wildman–Crippen LogP) is 3.40. The van der Waals surface area contributed by atoms with Crippen molar-refractivity contribution < 1.29 is 19.2 Å². The van der Waals surface area contributed by atoms with E-state index < -0.39 is 11.9 Å². The number of carbonyl (C=O) groups excluding carboxylic acids is 1. The molecule has 1 amide bonds. The molecule has 3 aromatic rings. The highest BCUT2D eigenvalue weighted by molar-refractivity contribution is 6.30. The summed E-state index contributed by atoms with van der Waals surface area (Å²) in [7, 11) is 0. The zero-order chi connectivity index (χ0) is 19.1. The number of hydrogen-bond donors (Lipinski definition) is 1. The molecule has 138 valence electrons. The van der Waals surface area contributed by atoms with Gasteiger partial charge in [0, 0.05) is 23.7 Å². The largest absolute Gasteiger partial charge is 0.481 e. The van der Waals surface area contributed by atoms with Crippen molar-refractivity contribution in [1.82, 2.24) is 15.0 Å². The summed E-state index contributed by atoms with van der Waals surface area (Å²) in [6.07, 6.45) is 0.444. The number of fused-ring (bicyclic) bond motifs is 1. The molecule has 1 aliphatic heterocycles. The summed E-state index contributed by atoms with van der Waals surface area (Å²) in [5, 5.41) is 14.2. The number of rotatable bonds is 3. The molecule has 4 rings (SSSR count). The summed E-state index contributed by atoms with van der Waals surface area (Å²) >= 11 is 6.07. The molecule has 1 fully saturated rings. The third kappa shape index (κ3) is 3.14. The highest BCUT2D eigenvalue weighted by Crippen LogP contribution is 2.30. The Hall–Kier alpha value is -2.93. The first-order chi connectivity index (χ1) is 12.9. The first-order valence-corrected chi connectivity index (χ1v) is 8.87. The summed E-state index contributed by atoms with van der Waals surface area (Å²) in [4.78, 5) is 30.4. The fourth-order valence-corrected chi connectivity index (χ4v) is 3.57. The number of aryl methyl sites for hydroxylation is 1. The van der Waals surface area contributed by atoms with Gasteiger partial charge >= 0.3 is 5.97 Å². The van der Waals surface area contributed by atoms with E-state index in [1.165, 1.54) is 0 Å². The highest BCUT2D eigenvalue weighted by atomic mass is 35.5. The van der Waals surface area contributed by atoms with E-state index >= 15 is 0 Å². The average Bonchev–Trinajstić information content (AvgIpc) is 3.28. The minimum Gasteiger partial charge on any atom is -0.481 e. The molecule has 27 heavy (non-hydrogen) atoms. The Bertz CT molecular complexity index is 1060. The molecule has 0 radical (unpaired) electrons. The number of carboxylic acid groups (broad SMARTS) is 1. The van der Waals surface area contributed by atoms with Crippen molar-refractivity contribution in [3.05, 3.63) is 46.6 Å². The Kier molecular flexibility index (Phi) is 4.31. The number of likely N-dealkylation sites (tertiary alicyclic amines) is 1. The van der Waals surface area contributed by atoms with Crippen LogP contribution in [-0.4, -0.2) is 45.1 Å². The zero-order valence-electron chi connectivity index (χ0n) is 14.5. The Morgan fingerprint density at radius 2 is 2.15 bits per heavy atom. The van der Waals surface area contributed by atoms with Gasteiger partial charge in [-0.15, -0.1) is 0 Å². The second-order valence-corrected chi connectivity index (χ2v) is 7.02. The van der Waals surface area contributed by atoms with Gasteiger partial charge in [0.15, 0.2) is 0 Å². The molecular formula is C19H16ClN3O4. The first-order valence-electron chi connectivity index (χ1n) is 8.49. The van der Waals surface area contributed by atoms with Crippen LogP contribution >= 0.6 is 11.6 Å². The van der Waals surface area contributed by atoms with Crippen LogP contribution < -0.4 is 0 Å². The van der Waals surface area contributed by atoms with Crippen LogP contribution in [0.4, 0.5) is 0 Å².